The van der Waals surface area contributed by atoms with Crippen molar-refractivity contribution in [1.29, 1.82) is 0 Å². The zero-order valence-electron chi connectivity index (χ0n) is 16.9. The fraction of sp³-hybridized carbons (Fsp3) is 0.619. The lowest BCUT2D eigenvalue weighted by Crippen LogP contribution is -2.42. The van der Waals surface area contributed by atoms with Gasteiger partial charge in [0.15, 0.2) is 0 Å². The molecule has 1 aromatic rings. The predicted molar refractivity (Wildman–Crippen MR) is 108 cm³/mol. The first-order valence-corrected chi connectivity index (χ1v) is 10.0. The van der Waals surface area contributed by atoms with Crippen LogP contribution in [0.2, 0.25) is 0 Å². The molecule has 1 heterocycles. The van der Waals surface area contributed by atoms with E-state index in [0.717, 1.165) is 31.4 Å². The van der Waals surface area contributed by atoms with Crippen LogP contribution in [0.25, 0.3) is 0 Å². The van der Waals surface area contributed by atoms with Crippen molar-refractivity contribution < 1.29 is 19.4 Å². The van der Waals surface area contributed by atoms with Gasteiger partial charge in [0.2, 0.25) is 11.8 Å². The van der Waals surface area contributed by atoms with Gasteiger partial charge in [-0.25, -0.2) is 0 Å². The van der Waals surface area contributed by atoms with Crippen LogP contribution in [-0.4, -0.2) is 67.8 Å². The van der Waals surface area contributed by atoms with E-state index in [1.165, 1.54) is 5.56 Å². The molecule has 0 aliphatic carbocycles. The van der Waals surface area contributed by atoms with Crippen LogP contribution >= 0.6 is 0 Å². The summed E-state index contributed by atoms with van der Waals surface area (Å²) in [4.78, 5) is 26.1. The molecule has 0 radical (unpaired) electrons. The van der Waals surface area contributed by atoms with Gasteiger partial charge in [-0.3, -0.25) is 14.5 Å². The number of amides is 2. The number of carbonyl (C=O) groups is 2. The maximum Gasteiger partial charge on any atom is 0.221 e. The monoisotopic (exact) mass is 391 g/mol. The smallest absolute Gasteiger partial charge is 0.221 e. The summed E-state index contributed by atoms with van der Waals surface area (Å²) in [6.07, 6.45) is 4.54. The van der Waals surface area contributed by atoms with Crippen LogP contribution in [-0.2, 0) is 16.0 Å². The van der Waals surface area contributed by atoms with E-state index in [-0.39, 0.29) is 30.5 Å². The maximum absolute atomic E-state index is 12.1. The number of methoxy groups -OCH3 is 1. The summed E-state index contributed by atoms with van der Waals surface area (Å²) in [6, 6.07) is 8.39. The third kappa shape index (κ3) is 7.13. The number of benzene rings is 1. The van der Waals surface area contributed by atoms with Crippen LogP contribution in [0.5, 0.6) is 5.75 Å². The van der Waals surface area contributed by atoms with Crippen molar-refractivity contribution >= 4 is 11.8 Å². The second-order valence-electron chi connectivity index (χ2n) is 7.33. The number of hydrogen-bond acceptors (Lipinski definition) is 5. The van der Waals surface area contributed by atoms with E-state index in [0.29, 0.717) is 25.9 Å². The maximum atomic E-state index is 12.1. The molecule has 28 heavy (non-hydrogen) atoms. The van der Waals surface area contributed by atoms with E-state index < -0.39 is 0 Å². The predicted octanol–water partition coefficient (Wildman–Crippen LogP) is 1.10. The minimum absolute atomic E-state index is 0.0332. The van der Waals surface area contributed by atoms with Crippen molar-refractivity contribution in [2.45, 2.75) is 50.6 Å². The summed E-state index contributed by atoms with van der Waals surface area (Å²) in [5.41, 5.74) is 1.20. The van der Waals surface area contributed by atoms with Gasteiger partial charge in [-0.05, 0) is 50.4 Å². The zero-order valence-corrected chi connectivity index (χ0v) is 16.9. The molecule has 0 saturated carbocycles. The van der Waals surface area contributed by atoms with E-state index >= 15 is 0 Å². The van der Waals surface area contributed by atoms with E-state index in [4.69, 9.17) is 9.84 Å². The van der Waals surface area contributed by atoms with Gasteiger partial charge in [0.05, 0.1) is 13.7 Å². The molecule has 7 heteroatoms. The first-order valence-electron chi connectivity index (χ1n) is 10.0. The van der Waals surface area contributed by atoms with Gasteiger partial charge in [0.1, 0.15) is 5.75 Å². The van der Waals surface area contributed by atoms with Crippen molar-refractivity contribution in [2.24, 2.45) is 0 Å². The second-order valence-corrected chi connectivity index (χ2v) is 7.33. The number of ether oxygens (including phenoxy) is 1. The Morgan fingerprint density at radius 1 is 1.14 bits per heavy atom. The number of aryl methyl sites for hydroxylation is 1. The highest BCUT2D eigenvalue weighted by Gasteiger charge is 2.31. The molecule has 3 N–H and O–H groups in total. The van der Waals surface area contributed by atoms with Crippen molar-refractivity contribution in [2.75, 3.05) is 33.9 Å². The Balaban J connectivity index is 1.63. The van der Waals surface area contributed by atoms with Crippen LogP contribution in [0.1, 0.15) is 37.7 Å². The summed E-state index contributed by atoms with van der Waals surface area (Å²) in [5.74, 6) is 0.881. The molecule has 2 amide bonds. The van der Waals surface area contributed by atoms with E-state index in [2.05, 4.69) is 15.5 Å². The molecular weight excluding hydrogens is 358 g/mol. The number of carbonyl (C=O) groups excluding carboxylic acids is 2. The number of hydrogen-bond donors (Lipinski definition) is 3. The highest BCUT2D eigenvalue weighted by molar-refractivity contribution is 5.76. The molecular formula is C21H33N3O4. The van der Waals surface area contributed by atoms with Crippen LogP contribution in [0.3, 0.4) is 0 Å². The van der Waals surface area contributed by atoms with Crippen molar-refractivity contribution in [3.05, 3.63) is 29.8 Å². The largest absolute Gasteiger partial charge is 0.497 e. The molecule has 0 unspecified atom stereocenters. The molecule has 0 bridgehead atoms. The van der Waals surface area contributed by atoms with Gasteiger partial charge in [0.25, 0.3) is 0 Å². The number of nitrogens with one attached hydrogen (secondary N) is 2. The molecule has 1 aromatic carbocycles. The Bertz CT molecular complexity index is 621. The SMILES string of the molecule is COc1ccc(CCCC(=O)NC[C@@H]2CC[C@H](CC(=O)NCCO)N2C)cc1. The van der Waals surface area contributed by atoms with Gasteiger partial charge in [-0.15, -0.1) is 0 Å². The number of aliphatic hydroxyl groups is 1. The number of likely N-dealkylation sites (N-methyl/N-ethyl adjacent to an activating group) is 1. The second kappa shape index (κ2) is 11.7. The van der Waals surface area contributed by atoms with Crippen molar-refractivity contribution in [3.63, 3.8) is 0 Å². The van der Waals surface area contributed by atoms with E-state index in [1.807, 2.05) is 31.3 Å². The summed E-state index contributed by atoms with van der Waals surface area (Å²) < 4.78 is 5.15. The Labute approximate surface area is 167 Å². The molecule has 156 valence electrons. The zero-order chi connectivity index (χ0) is 20.4. The Morgan fingerprint density at radius 2 is 1.86 bits per heavy atom. The molecule has 0 aromatic heterocycles. The van der Waals surface area contributed by atoms with Crippen LogP contribution in [0.15, 0.2) is 24.3 Å². The lowest BCUT2D eigenvalue weighted by atomic mass is 10.1. The van der Waals surface area contributed by atoms with Gasteiger partial charge in [-0.2, -0.15) is 0 Å². The minimum atomic E-state index is -0.0423. The lowest BCUT2D eigenvalue weighted by Gasteiger charge is -2.25. The average Bonchev–Trinajstić information content (AvgIpc) is 3.04. The first-order chi connectivity index (χ1) is 13.5. The fourth-order valence-electron chi connectivity index (χ4n) is 3.63. The van der Waals surface area contributed by atoms with Gasteiger partial charge in [-0.1, -0.05) is 12.1 Å². The van der Waals surface area contributed by atoms with Gasteiger partial charge in [0, 0.05) is 38.0 Å². The first kappa shape index (κ1) is 22.2. The lowest BCUT2D eigenvalue weighted by molar-refractivity contribution is -0.123. The fourth-order valence-corrected chi connectivity index (χ4v) is 3.63. The van der Waals surface area contributed by atoms with Crippen molar-refractivity contribution in [1.82, 2.24) is 15.5 Å². The minimum Gasteiger partial charge on any atom is -0.497 e. The summed E-state index contributed by atoms with van der Waals surface area (Å²) in [6.45, 7) is 0.872. The molecule has 7 nitrogen and oxygen atoms in total. The highest BCUT2D eigenvalue weighted by atomic mass is 16.5. The third-order valence-corrected chi connectivity index (χ3v) is 5.40. The molecule has 2 atom stereocenters. The summed E-state index contributed by atoms with van der Waals surface area (Å²) >= 11 is 0. The molecule has 1 aliphatic heterocycles. The third-order valence-electron chi connectivity index (χ3n) is 5.40. The van der Waals surface area contributed by atoms with Gasteiger partial charge >= 0.3 is 0 Å². The molecule has 1 saturated heterocycles. The Kier molecular flexibility index (Phi) is 9.23. The number of aliphatic hydroxyl groups excluding tert-OH is 1. The highest BCUT2D eigenvalue weighted by Crippen LogP contribution is 2.24. The quantitative estimate of drug-likeness (QED) is 0.525. The molecule has 1 aliphatic rings. The van der Waals surface area contributed by atoms with E-state index in [9.17, 15) is 9.59 Å². The Morgan fingerprint density at radius 3 is 2.54 bits per heavy atom. The molecule has 1 fully saturated rings. The summed E-state index contributed by atoms with van der Waals surface area (Å²) in [7, 11) is 3.66. The standard InChI is InChI=1S/C21H33N3O4/c1-24-17(14-21(27)22-12-13-25)8-9-18(24)15-23-20(26)5-3-4-16-6-10-19(28-2)11-7-16/h6-7,10-11,17-18,25H,3-5,8-9,12-15H2,1-2H3,(H,22,27)(H,23,26)/t17-,18+/m1/s1. The Hall–Kier alpha value is -2.12. The normalized spacial score (nSPS) is 19.4. The van der Waals surface area contributed by atoms with Gasteiger partial charge < -0.3 is 20.5 Å². The van der Waals surface area contributed by atoms with E-state index in [1.54, 1.807) is 7.11 Å². The summed E-state index contributed by atoms with van der Waals surface area (Å²) in [5, 5.41) is 14.5. The number of rotatable bonds is 11. The number of nitrogens with zero attached hydrogens (tertiary/aromatic N) is 1. The molecule has 2 rings (SSSR count). The average molecular weight is 392 g/mol. The van der Waals surface area contributed by atoms with Crippen LogP contribution in [0, 0.1) is 0 Å². The van der Waals surface area contributed by atoms with Crippen LogP contribution < -0.4 is 15.4 Å². The molecule has 0 spiro atoms. The van der Waals surface area contributed by atoms with Crippen LogP contribution in [0.4, 0.5) is 0 Å². The number of likely N-dealkylation sites (tertiary alicyclic amines) is 1. The van der Waals surface area contributed by atoms with Crippen molar-refractivity contribution in [3.8, 4) is 5.75 Å². The topological polar surface area (TPSA) is 90.9 Å².